The molecule has 52 heavy (non-hydrogen) atoms. The van der Waals surface area contributed by atoms with Crippen LogP contribution >= 0.6 is 0 Å². The standard InChI is InChI=1S/C37H69NO14/c1-14-25-37(10,45)30(41)20(4)27(39)18(2)16-35(8,44)32(52-34-28(40)24(38(11,12)46)15-19(3)48-34)21(5)29(22(6)33(43)50-25)51-26-17-36(9,47-13)31(42)23(7)49-26/h18-32,34,39-42,44-45H,14-17H2,1-13H3/t18-,19-,20+,21+,22-,23+,24+,25-,26+,27+,28-,29+,30-,31+,32-,34+,35-,36-,37-/m1/s1. The lowest BCUT2D eigenvalue weighted by atomic mass is 9.73. The normalized spacial score (nSPS) is 50.7. The zero-order valence-corrected chi connectivity index (χ0v) is 33.5. The maximum atomic E-state index is 14.1. The number of hydrogen-bond donors (Lipinski definition) is 6. The molecule has 0 aromatic heterocycles. The Balaban J connectivity index is 2.19. The number of aliphatic hydroxyl groups excluding tert-OH is 4. The number of methoxy groups -OCH3 is 1. The minimum absolute atomic E-state index is 0.0711. The molecule has 0 radical (unpaired) electrons. The van der Waals surface area contributed by atoms with Gasteiger partial charge in [-0.15, -0.1) is 0 Å². The number of likely N-dealkylation sites (N-methyl/N-ethyl adjacent to an activating group) is 1. The molecule has 15 nitrogen and oxygen atoms in total. The van der Waals surface area contributed by atoms with Crippen molar-refractivity contribution < 1.29 is 68.5 Å². The van der Waals surface area contributed by atoms with E-state index in [4.69, 9.17) is 28.4 Å². The molecule has 0 aromatic rings. The first-order valence-electron chi connectivity index (χ1n) is 18.8. The van der Waals surface area contributed by atoms with Crippen LogP contribution in [0.3, 0.4) is 0 Å². The Hall–Kier alpha value is -1.05. The lowest BCUT2D eigenvalue weighted by Crippen LogP contribution is -2.63. The van der Waals surface area contributed by atoms with Crippen molar-refractivity contribution in [2.24, 2.45) is 23.7 Å². The minimum Gasteiger partial charge on any atom is -0.633 e. The first kappa shape index (κ1) is 45.3. The smallest absolute Gasteiger partial charge is 0.311 e. The molecule has 0 aromatic carbocycles. The van der Waals surface area contributed by atoms with E-state index in [0.717, 1.165) is 0 Å². The number of carbonyl (C=O) groups is 1. The second-order valence-corrected chi connectivity index (χ2v) is 17.2. The highest BCUT2D eigenvalue weighted by Crippen LogP contribution is 2.41. The molecule has 3 saturated heterocycles. The van der Waals surface area contributed by atoms with Crippen LogP contribution in [0.25, 0.3) is 0 Å². The fourth-order valence-electron chi connectivity index (χ4n) is 8.69. The first-order valence-corrected chi connectivity index (χ1v) is 18.8. The molecular formula is C37H69NO14. The Bertz CT molecular complexity index is 1170. The van der Waals surface area contributed by atoms with Crippen LogP contribution in [0.15, 0.2) is 0 Å². The van der Waals surface area contributed by atoms with Crippen LogP contribution in [0.4, 0.5) is 0 Å². The summed E-state index contributed by atoms with van der Waals surface area (Å²) >= 11 is 0. The summed E-state index contributed by atoms with van der Waals surface area (Å²) in [6.45, 7) is 16.3. The van der Waals surface area contributed by atoms with Crippen LogP contribution in [-0.4, -0.2) is 153 Å². The van der Waals surface area contributed by atoms with Gasteiger partial charge in [-0.25, -0.2) is 0 Å². The van der Waals surface area contributed by atoms with E-state index in [0.29, 0.717) is 0 Å². The molecule has 0 aliphatic carbocycles. The Morgan fingerprint density at radius 1 is 0.885 bits per heavy atom. The monoisotopic (exact) mass is 751 g/mol. The zero-order chi connectivity index (χ0) is 39.9. The first-order chi connectivity index (χ1) is 23.7. The molecular weight excluding hydrogens is 682 g/mol. The van der Waals surface area contributed by atoms with E-state index in [1.54, 1.807) is 55.4 Å². The summed E-state index contributed by atoms with van der Waals surface area (Å²) in [4.78, 5) is 14.1. The van der Waals surface area contributed by atoms with Crippen LogP contribution in [0, 0.1) is 28.9 Å². The summed E-state index contributed by atoms with van der Waals surface area (Å²) in [6, 6.07) is -0.814. The summed E-state index contributed by atoms with van der Waals surface area (Å²) < 4.78 is 36.1. The van der Waals surface area contributed by atoms with Gasteiger partial charge in [0.25, 0.3) is 0 Å². The maximum Gasteiger partial charge on any atom is 0.311 e. The number of ether oxygens (including phenoxy) is 6. The maximum absolute atomic E-state index is 14.1. The van der Waals surface area contributed by atoms with E-state index >= 15 is 0 Å². The fourth-order valence-corrected chi connectivity index (χ4v) is 8.69. The number of rotatable bonds is 7. The van der Waals surface area contributed by atoms with Gasteiger partial charge in [0.1, 0.15) is 23.9 Å². The Morgan fingerprint density at radius 2 is 1.48 bits per heavy atom. The van der Waals surface area contributed by atoms with E-state index < -0.39 is 125 Å². The molecule has 19 atom stereocenters. The highest BCUT2D eigenvalue weighted by atomic mass is 16.7. The molecule has 3 heterocycles. The summed E-state index contributed by atoms with van der Waals surface area (Å²) in [5.74, 6) is -4.36. The molecule has 306 valence electrons. The second kappa shape index (κ2) is 17.0. The van der Waals surface area contributed by atoms with Gasteiger partial charge in [0.2, 0.25) is 0 Å². The fraction of sp³-hybridized carbons (Fsp3) is 0.973. The van der Waals surface area contributed by atoms with Gasteiger partial charge < -0.3 is 68.9 Å². The lowest BCUT2D eigenvalue weighted by Gasteiger charge is -2.51. The van der Waals surface area contributed by atoms with Crippen molar-refractivity contribution in [3.05, 3.63) is 5.21 Å². The average molecular weight is 752 g/mol. The molecule has 3 rings (SSSR count). The minimum atomic E-state index is -1.96. The third-order valence-electron chi connectivity index (χ3n) is 12.2. The Labute approximate surface area is 309 Å². The van der Waals surface area contributed by atoms with Gasteiger partial charge in [-0.2, -0.15) is 0 Å². The summed E-state index contributed by atoms with van der Waals surface area (Å²) in [6.07, 6.45) is -11.9. The summed E-state index contributed by atoms with van der Waals surface area (Å²) in [5, 5.41) is 82.4. The third-order valence-corrected chi connectivity index (χ3v) is 12.2. The molecule has 15 heteroatoms. The molecule has 6 N–H and O–H groups in total. The molecule has 0 amide bonds. The SMILES string of the molecule is CC[C@H]1OC(=O)[C@H](C)[C@@H](O[C@H]2C[C@@](C)(OC)[C@@H](O)[C@H](C)O2)[C@H](C)[C@@H](O[C@@H]2O[C@H](C)C[C@H]([N+](C)(C)[O-])[C@H]2O)[C@](C)(O)C[C@@H](C)[C@H](O)[C@H](C)[C@@H](O)[C@]1(C)O. The van der Waals surface area contributed by atoms with Crippen LogP contribution in [0.1, 0.15) is 94.9 Å². The third kappa shape index (κ3) is 9.66. The number of hydrogen-bond acceptors (Lipinski definition) is 14. The van der Waals surface area contributed by atoms with Crippen molar-refractivity contribution in [1.82, 2.24) is 0 Å². The number of hydroxylamine groups is 3. The predicted octanol–water partition coefficient (Wildman–Crippen LogP) is 1.59. The Kier molecular flexibility index (Phi) is 14.8. The second-order valence-electron chi connectivity index (χ2n) is 17.2. The van der Waals surface area contributed by atoms with Crippen LogP contribution in [0.2, 0.25) is 0 Å². The lowest BCUT2D eigenvalue weighted by molar-refractivity contribution is -0.874. The molecule has 0 spiro atoms. The van der Waals surface area contributed by atoms with Crippen molar-refractivity contribution >= 4 is 5.97 Å². The largest absolute Gasteiger partial charge is 0.633 e. The molecule has 0 unspecified atom stereocenters. The van der Waals surface area contributed by atoms with Crippen LogP contribution < -0.4 is 0 Å². The predicted molar refractivity (Wildman–Crippen MR) is 189 cm³/mol. The van der Waals surface area contributed by atoms with Crippen LogP contribution in [-0.2, 0) is 33.2 Å². The number of aliphatic hydroxyl groups is 6. The molecule has 3 aliphatic heterocycles. The van der Waals surface area contributed by atoms with E-state index in [9.17, 15) is 40.6 Å². The van der Waals surface area contributed by atoms with Crippen LogP contribution in [0.5, 0.6) is 0 Å². The summed E-state index contributed by atoms with van der Waals surface area (Å²) in [7, 11) is 4.32. The Morgan fingerprint density at radius 3 is 2.02 bits per heavy atom. The molecule has 0 bridgehead atoms. The number of esters is 1. The quantitative estimate of drug-likeness (QED) is 0.124. The van der Waals surface area contributed by atoms with Crippen molar-refractivity contribution in [2.75, 3.05) is 21.2 Å². The van der Waals surface area contributed by atoms with Gasteiger partial charge >= 0.3 is 5.97 Å². The number of carbonyl (C=O) groups excluding carboxylic acids is 1. The van der Waals surface area contributed by atoms with Gasteiger partial charge in [-0.1, -0.05) is 27.7 Å². The zero-order valence-electron chi connectivity index (χ0n) is 33.5. The van der Waals surface area contributed by atoms with Crippen molar-refractivity contribution in [3.8, 4) is 0 Å². The number of cyclic esters (lactones) is 1. The van der Waals surface area contributed by atoms with E-state index in [2.05, 4.69) is 0 Å². The number of nitrogens with zero attached hydrogens (tertiary/aromatic N) is 1. The highest BCUT2D eigenvalue weighted by Gasteiger charge is 2.54. The van der Waals surface area contributed by atoms with Gasteiger partial charge in [-0.05, 0) is 60.3 Å². The topological polar surface area (TPSA) is 217 Å². The van der Waals surface area contributed by atoms with E-state index in [-0.39, 0.29) is 25.7 Å². The number of quaternary nitrogens is 1. The average Bonchev–Trinajstić information content (AvgIpc) is 3.05. The van der Waals surface area contributed by atoms with Gasteiger partial charge in [0, 0.05) is 31.8 Å². The molecule has 3 fully saturated rings. The van der Waals surface area contributed by atoms with Crippen molar-refractivity contribution in [3.63, 3.8) is 0 Å². The molecule has 3 aliphatic rings. The van der Waals surface area contributed by atoms with Gasteiger partial charge in [-0.3, -0.25) is 4.79 Å². The summed E-state index contributed by atoms with van der Waals surface area (Å²) in [5.41, 5.74) is -4.84. The van der Waals surface area contributed by atoms with E-state index in [1.807, 2.05) is 0 Å². The van der Waals surface area contributed by atoms with Gasteiger partial charge in [0.05, 0.1) is 67.8 Å². The van der Waals surface area contributed by atoms with Crippen molar-refractivity contribution in [2.45, 2.75) is 185 Å². The van der Waals surface area contributed by atoms with Gasteiger partial charge in [0.15, 0.2) is 18.7 Å². The van der Waals surface area contributed by atoms with Crippen molar-refractivity contribution in [1.29, 1.82) is 0 Å². The molecule has 0 saturated carbocycles. The van der Waals surface area contributed by atoms with E-state index in [1.165, 1.54) is 35.1 Å². The highest BCUT2D eigenvalue weighted by molar-refractivity contribution is 5.73.